The predicted molar refractivity (Wildman–Crippen MR) is 94.0 cm³/mol. The van der Waals surface area contributed by atoms with Crippen LogP contribution in [0.15, 0.2) is 18.3 Å². The van der Waals surface area contributed by atoms with E-state index < -0.39 is 0 Å². The van der Waals surface area contributed by atoms with Crippen molar-refractivity contribution in [3.63, 3.8) is 0 Å². The molecule has 0 bridgehead atoms. The quantitative estimate of drug-likeness (QED) is 0.883. The number of carbonyl (C=O) groups excluding carboxylic acids is 1. The molecule has 6 heteroatoms. The van der Waals surface area contributed by atoms with Gasteiger partial charge in [-0.25, -0.2) is 9.48 Å². The molecule has 1 unspecified atom stereocenters. The van der Waals surface area contributed by atoms with E-state index in [-0.39, 0.29) is 6.03 Å². The highest BCUT2D eigenvalue weighted by molar-refractivity contribution is 5.88. The number of aryl methyl sites for hydroxylation is 3. The number of carbonyl (C=O) groups is 1. The smallest absolute Gasteiger partial charge is 0.320 e. The second-order valence-corrected chi connectivity index (χ2v) is 6.75. The van der Waals surface area contributed by atoms with Gasteiger partial charge in [0, 0.05) is 24.5 Å². The third-order valence-corrected chi connectivity index (χ3v) is 4.58. The average molecular weight is 327 g/mol. The Kier molecular flexibility index (Phi) is 4.55. The summed E-state index contributed by atoms with van der Waals surface area (Å²) in [5.74, 6) is 1.43. The van der Waals surface area contributed by atoms with Gasteiger partial charge in [0.05, 0.1) is 11.7 Å². The molecule has 3 rings (SSSR count). The number of anilines is 1. The average Bonchev–Trinajstić information content (AvgIpc) is 3.30. The van der Waals surface area contributed by atoms with E-state index in [0.717, 1.165) is 28.3 Å². The molecular formula is C18H25N5O. The van der Waals surface area contributed by atoms with Crippen LogP contribution in [-0.2, 0) is 6.54 Å². The van der Waals surface area contributed by atoms with Crippen LogP contribution in [0.4, 0.5) is 10.6 Å². The first-order valence-corrected chi connectivity index (χ1v) is 8.47. The van der Waals surface area contributed by atoms with Gasteiger partial charge in [-0.05, 0) is 63.6 Å². The zero-order chi connectivity index (χ0) is 17.3. The van der Waals surface area contributed by atoms with E-state index >= 15 is 0 Å². The first kappa shape index (κ1) is 16.5. The number of urea groups is 1. The third kappa shape index (κ3) is 3.75. The van der Waals surface area contributed by atoms with Crippen molar-refractivity contribution in [3.05, 3.63) is 40.8 Å². The molecule has 6 nitrogen and oxygen atoms in total. The molecule has 1 atom stereocenters. The number of rotatable bonds is 5. The highest BCUT2D eigenvalue weighted by Gasteiger charge is 2.31. The molecule has 2 aromatic rings. The van der Waals surface area contributed by atoms with Gasteiger partial charge in [0.15, 0.2) is 0 Å². The van der Waals surface area contributed by atoms with Crippen LogP contribution in [0.25, 0.3) is 0 Å². The highest BCUT2D eigenvalue weighted by atomic mass is 16.2. The summed E-state index contributed by atoms with van der Waals surface area (Å²) < 4.78 is 1.94. The zero-order valence-corrected chi connectivity index (χ0v) is 14.8. The van der Waals surface area contributed by atoms with E-state index in [1.165, 1.54) is 12.8 Å². The largest absolute Gasteiger partial charge is 0.334 e. The second-order valence-electron chi connectivity index (χ2n) is 6.75. The Labute approximate surface area is 142 Å². The van der Waals surface area contributed by atoms with E-state index in [4.69, 9.17) is 0 Å². The van der Waals surface area contributed by atoms with Crippen LogP contribution in [0.2, 0.25) is 0 Å². The lowest BCUT2D eigenvalue weighted by molar-refractivity contribution is 0.251. The van der Waals surface area contributed by atoms with Crippen molar-refractivity contribution in [2.75, 3.05) is 5.32 Å². The molecule has 1 fully saturated rings. The molecule has 1 aliphatic carbocycles. The minimum Gasteiger partial charge on any atom is -0.334 e. The number of nitrogens with one attached hydrogen (secondary N) is 2. The summed E-state index contributed by atoms with van der Waals surface area (Å²) in [4.78, 5) is 16.5. The molecule has 128 valence electrons. The fourth-order valence-electron chi connectivity index (χ4n) is 2.94. The van der Waals surface area contributed by atoms with E-state index in [0.29, 0.717) is 18.5 Å². The van der Waals surface area contributed by atoms with Crippen LogP contribution in [0.5, 0.6) is 0 Å². The van der Waals surface area contributed by atoms with Gasteiger partial charge in [0.1, 0.15) is 5.82 Å². The van der Waals surface area contributed by atoms with Crippen molar-refractivity contribution >= 4 is 11.8 Å². The number of hydrogen-bond donors (Lipinski definition) is 2. The van der Waals surface area contributed by atoms with Gasteiger partial charge < -0.3 is 5.32 Å². The van der Waals surface area contributed by atoms with E-state index in [1.54, 1.807) is 0 Å². The molecule has 0 aliphatic heterocycles. The van der Waals surface area contributed by atoms with Crippen LogP contribution < -0.4 is 10.6 Å². The van der Waals surface area contributed by atoms with Crippen molar-refractivity contribution in [3.8, 4) is 0 Å². The topological polar surface area (TPSA) is 71.8 Å². The number of nitrogens with zero attached hydrogens (tertiary/aromatic N) is 3. The van der Waals surface area contributed by atoms with Crippen molar-refractivity contribution in [2.24, 2.45) is 5.92 Å². The predicted octanol–water partition coefficient (Wildman–Crippen LogP) is 3.50. The molecule has 1 aliphatic rings. The Morgan fingerprint density at radius 2 is 2.04 bits per heavy atom. The third-order valence-electron chi connectivity index (χ3n) is 4.58. The van der Waals surface area contributed by atoms with Gasteiger partial charge in [0.25, 0.3) is 0 Å². The number of aromatic nitrogens is 3. The number of hydrogen-bond acceptors (Lipinski definition) is 3. The Morgan fingerprint density at radius 3 is 2.71 bits per heavy atom. The summed E-state index contributed by atoms with van der Waals surface area (Å²) in [5, 5.41) is 10.4. The first-order valence-electron chi connectivity index (χ1n) is 8.47. The number of pyridine rings is 1. The van der Waals surface area contributed by atoms with Gasteiger partial charge in [-0.2, -0.15) is 5.10 Å². The molecule has 0 spiro atoms. The Bertz CT molecular complexity index is 748. The molecule has 2 N–H and O–H groups in total. The monoisotopic (exact) mass is 327 g/mol. The van der Waals surface area contributed by atoms with Crippen LogP contribution in [0.1, 0.15) is 48.3 Å². The molecule has 2 aromatic heterocycles. The first-order chi connectivity index (χ1) is 11.4. The van der Waals surface area contributed by atoms with Crippen LogP contribution in [0.3, 0.4) is 0 Å². The summed E-state index contributed by atoms with van der Waals surface area (Å²) in [6.07, 6.45) is 4.30. The molecule has 0 aromatic carbocycles. The van der Waals surface area contributed by atoms with Gasteiger partial charge in [-0.15, -0.1) is 0 Å². The summed E-state index contributed by atoms with van der Waals surface area (Å²) in [7, 11) is 0. The zero-order valence-electron chi connectivity index (χ0n) is 14.8. The molecule has 1 saturated carbocycles. The van der Waals surface area contributed by atoms with Crippen LogP contribution in [-0.4, -0.2) is 20.8 Å². The fraction of sp³-hybridized carbons (Fsp3) is 0.500. The lowest BCUT2D eigenvalue weighted by Gasteiger charge is -2.16. The van der Waals surface area contributed by atoms with Gasteiger partial charge >= 0.3 is 6.03 Å². The lowest BCUT2D eigenvalue weighted by atomic mass is 10.1. The normalized spacial score (nSPS) is 15.2. The van der Waals surface area contributed by atoms with Gasteiger partial charge in [-0.3, -0.25) is 10.3 Å². The Balaban J connectivity index is 1.62. The molecule has 2 heterocycles. The van der Waals surface area contributed by atoms with Crippen LogP contribution in [0, 0.1) is 26.7 Å². The summed E-state index contributed by atoms with van der Waals surface area (Å²) in [6, 6.07) is 4.03. The molecule has 24 heavy (non-hydrogen) atoms. The Morgan fingerprint density at radius 1 is 1.29 bits per heavy atom. The van der Waals surface area contributed by atoms with Gasteiger partial charge in [0.2, 0.25) is 0 Å². The maximum Gasteiger partial charge on any atom is 0.320 e. The van der Waals surface area contributed by atoms with Crippen molar-refractivity contribution < 1.29 is 4.79 Å². The molecular weight excluding hydrogens is 302 g/mol. The SMILES string of the molecule is Cc1cc(C)c(CNC(=O)Nc2cc(C)nn2C(C)C2CC2)cn1. The summed E-state index contributed by atoms with van der Waals surface area (Å²) >= 11 is 0. The molecule has 0 saturated heterocycles. The van der Waals surface area contributed by atoms with Gasteiger partial charge in [-0.1, -0.05) is 0 Å². The standard InChI is InChI=1S/C18H25N5O/c1-11-7-12(2)19-9-16(11)10-20-18(24)21-17-8-13(3)22-23(17)14(4)15-5-6-15/h7-9,14-15H,5-6,10H2,1-4H3,(H2,20,21,24). The summed E-state index contributed by atoms with van der Waals surface area (Å²) in [6.45, 7) is 8.55. The highest BCUT2D eigenvalue weighted by Crippen LogP contribution is 2.40. The van der Waals surface area contributed by atoms with Crippen molar-refractivity contribution in [2.45, 2.75) is 53.1 Å². The number of amides is 2. The minimum absolute atomic E-state index is 0.223. The maximum atomic E-state index is 12.2. The molecule has 2 amide bonds. The summed E-state index contributed by atoms with van der Waals surface area (Å²) in [5.41, 5.74) is 4.04. The Hall–Kier alpha value is -2.37. The maximum absolute atomic E-state index is 12.2. The van der Waals surface area contributed by atoms with E-state index in [9.17, 15) is 4.79 Å². The van der Waals surface area contributed by atoms with Crippen molar-refractivity contribution in [1.29, 1.82) is 0 Å². The molecule has 0 radical (unpaired) electrons. The van der Waals surface area contributed by atoms with Crippen LogP contribution >= 0.6 is 0 Å². The second kappa shape index (κ2) is 6.63. The van der Waals surface area contributed by atoms with E-state index in [2.05, 4.69) is 27.6 Å². The fourth-order valence-corrected chi connectivity index (χ4v) is 2.94. The lowest BCUT2D eigenvalue weighted by Crippen LogP contribution is -2.30. The minimum atomic E-state index is -0.223. The van der Waals surface area contributed by atoms with E-state index in [1.807, 2.05) is 43.8 Å². The van der Waals surface area contributed by atoms with Crippen molar-refractivity contribution in [1.82, 2.24) is 20.1 Å².